The Morgan fingerprint density at radius 3 is 2.50 bits per heavy atom. The number of carbonyl (C=O) groups excluding carboxylic acids is 1. The summed E-state index contributed by atoms with van der Waals surface area (Å²) >= 11 is 0. The van der Waals surface area contributed by atoms with Crippen LogP contribution < -0.4 is 9.64 Å². The van der Waals surface area contributed by atoms with Crippen molar-refractivity contribution in [2.45, 2.75) is 26.2 Å². The quantitative estimate of drug-likeness (QED) is 0.725. The number of carbonyl (C=O) groups is 1. The van der Waals surface area contributed by atoms with Gasteiger partial charge in [0.2, 0.25) is 5.91 Å². The Morgan fingerprint density at radius 1 is 1.31 bits per heavy atom. The Labute approximate surface area is 96.0 Å². The number of amides is 1. The van der Waals surface area contributed by atoms with E-state index in [2.05, 4.69) is 0 Å². The first-order valence-electron chi connectivity index (χ1n) is 5.37. The lowest BCUT2D eigenvalue weighted by molar-refractivity contribution is -0.121. The van der Waals surface area contributed by atoms with Crippen molar-refractivity contribution in [3.8, 4) is 5.75 Å². The average Bonchev–Trinajstić information content (AvgIpc) is 2.41. The van der Waals surface area contributed by atoms with E-state index in [0.717, 1.165) is 22.6 Å². The van der Waals surface area contributed by atoms with E-state index in [1.807, 2.05) is 40.0 Å². The maximum absolute atomic E-state index is 12.1. The number of anilines is 1. The second kappa shape index (κ2) is 3.24. The number of ether oxygens (including phenoxy) is 1. The molecule has 86 valence electrons. The van der Waals surface area contributed by atoms with E-state index in [9.17, 15) is 4.79 Å². The molecule has 16 heavy (non-hydrogen) atoms. The largest absolute Gasteiger partial charge is 0.497 e. The molecule has 0 aliphatic carbocycles. The summed E-state index contributed by atoms with van der Waals surface area (Å²) in [5, 5.41) is 0. The van der Waals surface area contributed by atoms with Crippen LogP contribution in [0.5, 0.6) is 5.75 Å². The summed E-state index contributed by atoms with van der Waals surface area (Å²) in [6.07, 6.45) is 0. The molecule has 0 bridgehead atoms. The standard InChI is InChI=1S/C13H17NO2/c1-8-6-9(16-5)7-10-11(8)14(4)12(15)13(10,2)3/h6-7H,1-5H3. The number of methoxy groups -OCH3 is 1. The van der Waals surface area contributed by atoms with Crippen LogP contribution in [0.1, 0.15) is 25.0 Å². The molecule has 1 aromatic carbocycles. The highest BCUT2D eigenvalue weighted by Crippen LogP contribution is 2.44. The molecule has 0 spiro atoms. The lowest BCUT2D eigenvalue weighted by atomic mass is 9.85. The minimum Gasteiger partial charge on any atom is -0.497 e. The van der Waals surface area contributed by atoms with Crippen molar-refractivity contribution in [3.05, 3.63) is 23.3 Å². The Balaban J connectivity index is 2.72. The van der Waals surface area contributed by atoms with Gasteiger partial charge in [0.1, 0.15) is 5.75 Å². The third-order valence-corrected chi connectivity index (χ3v) is 3.36. The van der Waals surface area contributed by atoms with Crippen molar-refractivity contribution in [3.63, 3.8) is 0 Å². The van der Waals surface area contributed by atoms with Crippen LogP contribution in [0.15, 0.2) is 12.1 Å². The van der Waals surface area contributed by atoms with Gasteiger partial charge in [-0.1, -0.05) is 0 Å². The summed E-state index contributed by atoms with van der Waals surface area (Å²) in [7, 11) is 3.48. The van der Waals surface area contributed by atoms with Crippen molar-refractivity contribution < 1.29 is 9.53 Å². The summed E-state index contributed by atoms with van der Waals surface area (Å²) in [5.41, 5.74) is 2.70. The molecule has 3 nitrogen and oxygen atoms in total. The van der Waals surface area contributed by atoms with Gasteiger partial charge in [0.15, 0.2) is 0 Å². The second-order valence-corrected chi connectivity index (χ2v) is 4.83. The lowest BCUT2D eigenvalue weighted by Crippen LogP contribution is -2.33. The van der Waals surface area contributed by atoms with Crippen molar-refractivity contribution >= 4 is 11.6 Å². The summed E-state index contributed by atoms with van der Waals surface area (Å²) < 4.78 is 5.25. The van der Waals surface area contributed by atoms with E-state index in [1.54, 1.807) is 12.0 Å². The molecule has 0 saturated carbocycles. The van der Waals surface area contributed by atoms with Gasteiger partial charge in [-0.2, -0.15) is 0 Å². The van der Waals surface area contributed by atoms with Gasteiger partial charge < -0.3 is 9.64 Å². The first kappa shape index (κ1) is 11.0. The van der Waals surface area contributed by atoms with Crippen molar-refractivity contribution in [1.82, 2.24) is 0 Å². The van der Waals surface area contributed by atoms with Gasteiger partial charge in [0.05, 0.1) is 18.2 Å². The van der Waals surface area contributed by atoms with Crippen LogP contribution in [-0.2, 0) is 10.2 Å². The van der Waals surface area contributed by atoms with Crippen molar-refractivity contribution in [2.24, 2.45) is 0 Å². The fourth-order valence-electron chi connectivity index (χ4n) is 2.42. The molecule has 1 aliphatic rings. The zero-order chi connectivity index (χ0) is 12.1. The highest BCUT2D eigenvalue weighted by molar-refractivity contribution is 6.08. The number of fused-ring (bicyclic) bond motifs is 1. The molecular formula is C13H17NO2. The number of hydrogen-bond donors (Lipinski definition) is 0. The summed E-state index contributed by atoms with van der Waals surface area (Å²) in [6.45, 7) is 5.92. The highest BCUT2D eigenvalue weighted by Gasteiger charge is 2.43. The summed E-state index contributed by atoms with van der Waals surface area (Å²) in [5.74, 6) is 0.950. The average molecular weight is 219 g/mol. The maximum Gasteiger partial charge on any atom is 0.236 e. The maximum atomic E-state index is 12.1. The molecule has 3 heteroatoms. The number of hydrogen-bond acceptors (Lipinski definition) is 2. The Bertz CT molecular complexity index is 463. The van der Waals surface area contributed by atoms with Crippen LogP contribution in [0.2, 0.25) is 0 Å². The Hall–Kier alpha value is -1.51. The number of rotatable bonds is 1. The number of benzene rings is 1. The zero-order valence-electron chi connectivity index (χ0n) is 10.4. The molecule has 1 aliphatic heterocycles. The van der Waals surface area contributed by atoms with Gasteiger partial charge in [0.25, 0.3) is 0 Å². The summed E-state index contributed by atoms with van der Waals surface area (Å²) in [6, 6.07) is 3.92. The smallest absolute Gasteiger partial charge is 0.236 e. The molecule has 1 heterocycles. The Morgan fingerprint density at radius 2 is 1.94 bits per heavy atom. The van der Waals surface area contributed by atoms with E-state index in [-0.39, 0.29) is 5.91 Å². The number of aryl methyl sites for hydroxylation is 1. The monoisotopic (exact) mass is 219 g/mol. The minimum atomic E-state index is -0.455. The fourth-order valence-corrected chi connectivity index (χ4v) is 2.42. The first-order chi connectivity index (χ1) is 7.39. The van der Waals surface area contributed by atoms with E-state index in [0.29, 0.717) is 0 Å². The predicted molar refractivity (Wildman–Crippen MR) is 64.2 cm³/mol. The van der Waals surface area contributed by atoms with Gasteiger partial charge in [0, 0.05) is 7.05 Å². The summed E-state index contributed by atoms with van der Waals surface area (Å²) in [4.78, 5) is 13.9. The molecule has 0 aromatic heterocycles. The first-order valence-corrected chi connectivity index (χ1v) is 5.37. The van der Waals surface area contributed by atoms with Crippen LogP contribution in [0.25, 0.3) is 0 Å². The molecule has 0 unspecified atom stereocenters. The van der Waals surface area contributed by atoms with Gasteiger partial charge in [-0.3, -0.25) is 4.79 Å². The van der Waals surface area contributed by atoms with Crippen LogP contribution in [0, 0.1) is 6.92 Å². The van der Waals surface area contributed by atoms with E-state index in [4.69, 9.17) is 4.74 Å². The molecule has 1 amide bonds. The lowest BCUT2D eigenvalue weighted by Gasteiger charge is -2.16. The van der Waals surface area contributed by atoms with Crippen molar-refractivity contribution in [2.75, 3.05) is 19.1 Å². The molecular weight excluding hydrogens is 202 g/mol. The van der Waals surface area contributed by atoms with Crippen LogP contribution in [0.4, 0.5) is 5.69 Å². The highest BCUT2D eigenvalue weighted by atomic mass is 16.5. The molecule has 0 fully saturated rings. The Kier molecular flexibility index (Phi) is 2.22. The third-order valence-electron chi connectivity index (χ3n) is 3.36. The predicted octanol–water partition coefficient (Wildman–Crippen LogP) is 2.26. The van der Waals surface area contributed by atoms with Crippen LogP contribution in [-0.4, -0.2) is 20.1 Å². The molecule has 0 N–H and O–H groups in total. The minimum absolute atomic E-state index is 0.138. The number of nitrogens with zero attached hydrogens (tertiary/aromatic N) is 1. The molecule has 0 atom stereocenters. The zero-order valence-corrected chi connectivity index (χ0v) is 10.4. The third kappa shape index (κ3) is 1.24. The van der Waals surface area contributed by atoms with Gasteiger partial charge in [-0.25, -0.2) is 0 Å². The SMILES string of the molecule is COc1cc(C)c2c(c1)C(C)(C)C(=O)N2C. The number of likely N-dealkylation sites (N-methyl/N-ethyl adjacent to an activating group) is 1. The molecule has 0 saturated heterocycles. The second-order valence-electron chi connectivity index (χ2n) is 4.83. The van der Waals surface area contributed by atoms with Crippen molar-refractivity contribution in [1.29, 1.82) is 0 Å². The van der Waals surface area contributed by atoms with Crippen LogP contribution in [0.3, 0.4) is 0 Å². The molecule has 0 radical (unpaired) electrons. The molecule has 1 aromatic rings. The fraction of sp³-hybridized carbons (Fsp3) is 0.462. The van der Waals surface area contributed by atoms with E-state index >= 15 is 0 Å². The van der Waals surface area contributed by atoms with Gasteiger partial charge >= 0.3 is 0 Å². The normalized spacial score (nSPS) is 17.6. The van der Waals surface area contributed by atoms with Gasteiger partial charge in [-0.05, 0) is 44.0 Å². The van der Waals surface area contributed by atoms with E-state index in [1.165, 1.54) is 0 Å². The topological polar surface area (TPSA) is 29.5 Å². The molecule has 2 rings (SSSR count). The van der Waals surface area contributed by atoms with Crippen LogP contribution >= 0.6 is 0 Å². The van der Waals surface area contributed by atoms with Gasteiger partial charge in [-0.15, -0.1) is 0 Å². The van der Waals surface area contributed by atoms with E-state index < -0.39 is 5.41 Å².